The van der Waals surface area contributed by atoms with Crippen molar-refractivity contribution in [1.29, 1.82) is 0 Å². The Balaban J connectivity index is 1.46. The number of benzene rings is 3. The summed E-state index contributed by atoms with van der Waals surface area (Å²) in [5.41, 5.74) is 3.32. The number of amides is 1. The van der Waals surface area contributed by atoms with Crippen LogP contribution in [0.25, 0.3) is 12.2 Å². The number of anilines is 1. The van der Waals surface area contributed by atoms with E-state index < -0.39 is 28.3 Å². The molecule has 0 aliphatic rings. The Labute approximate surface area is 259 Å². The van der Waals surface area contributed by atoms with Crippen molar-refractivity contribution in [3.63, 3.8) is 0 Å². The van der Waals surface area contributed by atoms with E-state index in [4.69, 9.17) is 21.4 Å². The average molecular weight is 639 g/mol. The molecule has 0 aliphatic carbocycles. The molecule has 0 bridgehead atoms. The number of halogens is 1. The molecule has 0 aliphatic heterocycles. The van der Waals surface area contributed by atoms with Crippen LogP contribution in [0.4, 0.5) is 5.69 Å². The number of hydrogen-bond donors (Lipinski definition) is 2. The van der Waals surface area contributed by atoms with Crippen molar-refractivity contribution in [3.8, 4) is 5.75 Å². The number of nitrogens with zero attached hydrogens (tertiary/aromatic N) is 1. The number of carbonyl (C=O) groups is 2. The van der Waals surface area contributed by atoms with Gasteiger partial charge in [-0.05, 0) is 85.0 Å². The first kappa shape index (κ1) is 31.9. The topological polar surface area (TPSA) is 123 Å². The Morgan fingerprint density at radius 1 is 1.05 bits per heavy atom. The predicted molar refractivity (Wildman–Crippen MR) is 171 cm³/mol. The minimum atomic E-state index is -3.49. The third kappa shape index (κ3) is 9.51. The summed E-state index contributed by atoms with van der Waals surface area (Å²) in [5.74, 6) is -1.45. The van der Waals surface area contributed by atoms with E-state index in [9.17, 15) is 18.0 Å². The highest BCUT2D eigenvalue weighted by Gasteiger charge is 2.16. The number of thiazole rings is 1. The summed E-state index contributed by atoms with van der Waals surface area (Å²) < 4.78 is 30.8. The van der Waals surface area contributed by atoms with Crippen LogP contribution in [0.15, 0.2) is 77.0 Å². The summed E-state index contributed by atoms with van der Waals surface area (Å²) in [4.78, 5) is 29.1. The third-order valence-electron chi connectivity index (χ3n) is 6.34. The third-order valence-corrected chi connectivity index (χ3v) is 9.26. The van der Waals surface area contributed by atoms with Crippen LogP contribution in [0, 0.1) is 0 Å². The number of carbonyl (C=O) groups excluding carboxylic acids is 1. The molecule has 0 radical (unpaired) electrons. The minimum absolute atomic E-state index is 0.0746. The second-order valence-corrected chi connectivity index (χ2v) is 13.2. The fourth-order valence-corrected chi connectivity index (χ4v) is 6.42. The highest BCUT2D eigenvalue weighted by Crippen LogP contribution is 2.28. The quantitative estimate of drug-likeness (QED) is 0.152. The van der Waals surface area contributed by atoms with Gasteiger partial charge in [0, 0.05) is 16.0 Å². The summed E-state index contributed by atoms with van der Waals surface area (Å²) >= 11 is 7.44. The molecule has 0 unspecified atom stereocenters. The molecule has 4 rings (SSSR count). The lowest BCUT2D eigenvalue weighted by atomic mass is 10.1. The SMILES string of the molecule is CCCc1csc(/C=C/c2cccc(C(=O)Nc3cc(CCCS(=O)(=O)c4ccc(Cl)cc4)ccc3OCC(=O)O)c2)n1. The van der Waals surface area contributed by atoms with Crippen LogP contribution in [0.2, 0.25) is 5.02 Å². The van der Waals surface area contributed by atoms with Crippen molar-refractivity contribution in [1.82, 2.24) is 4.98 Å². The number of aromatic nitrogens is 1. The number of hydrogen-bond acceptors (Lipinski definition) is 7. The van der Waals surface area contributed by atoms with Crippen LogP contribution >= 0.6 is 22.9 Å². The van der Waals surface area contributed by atoms with Gasteiger partial charge in [-0.1, -0.05) is 49.2 Å². The van der Waals surface area contributed by atoms with Crippen molar-refractivity contribution in [2.45, 2.75) is 37.5 Å². The Morgan fingerprint density at radius 2 is 1.84 bits per heavy atom. The summed E-state index contributed by atoms with van der Waals surface area (Å²) in [7, 11) is -3.49. The minimum Gasteiger partial charge on any atom is -0.480 e. The zero-order valence-electron chi connectivity index (χ0n) is 23.5. The van der Waals surface area contributed by atoms with Crippen LogP contribution in [-0.4, -0.2) is 42.7 Å². The maximum Gasteiger partial charge on any atom is 0.341 e. The van der Waals surface area contributed by atoms with Gasteiger partial charge in [-0.15, -0.1) is 11.3 Å². The van der Waals surface area contributed by atoms with Crippen molar-refractivity contribution in [2.75, 3.05) is 17.7 Å². The lowest BCUT2D eigenvalue weighted by molar-refractivity contribution is -0.139. The van der Waals surface area contributed by atoms with E-state index >= 15 is 0 Å². The molecule has 8 nitrogen and oxygen atoms in total. The lowest BCUT2D eigenvalue weighted by Gasteiger charge is -2.14. The van der Waals surface area contributed by atoms with Gasteiger partial charge < -0.3 is 15.2 Å². The van der Waals surface area contributed by atoms with Crippen LogP contribution < -0.4 is 10.1 Å². The Hall–Kier alpha value is -3.99. The van der Waals surface area contributed by atoms with E-state index in [0.717, 1.165) is 34.7 Å². The van der Waals surface area contributed by atoms with E-state index in [2.05, 4.69) is 17.2 Å². The number of rotatable bonds is 14. The average Bonchev–Trinajstić information content (AvgIpc) is 3.43. The van der Waals surface area contributed by atoms with E-state index in [1.807, 2.05) is 23.6 Å². The number of carboxylic acid groups (broad SMARTS) is 1. The van der Waals surface area contributed by atoms with Crippen LogP contribution in [0.5, 0.6) is 5.75 Å². The van der Waals surface area contributed by atoms with E-state index in [-0.39, 0.29) is 22.1 Å². The monoisotopic (exact) mass is 638 g/mol. The van der Waals surface area contributed by atoms with Crippen molar-refractivity contribution >= 4 is 62.5 Å². The highest BCUT2D eigenvalue weighted by molar-refractivity contribution is 7.91. The van der Waals surface area contributed by atoms with Gasteiger partial charge in [-0.25, -0.2) is 18.2 Å². The smallest absolute Gasteiger partial charge is 0.341 e. The number of aryl methyl sites for hydroxylation is 2. The molecule has 4 aromatic rings. The largest absolute Gasteiger partial charge is 0.480 e. The molecule has 1 aromatic heterocycles. The standard InChI is InChI=1S/C32H31ClN2O6S2/c1-2-5-26-21-42-30(34-26)16-10-22-6-3-8-24(18-22)32(38)35-28-19-23(9-15-29(28)41-20-31(36)37)7-4-17-43(39,40)27-13-11-25(33)12-14-27/h3,6,8-16,18-19,21H,2,4-5,7,17,20H2,1H3,(H,35,38)(H,36,37)/b16-10+. The van der Waals surface area contributed by atoms with Crippen molar-refractivity contribution in [3.05, 3.63) is 105 Å². The fraction of sp³-hybridized carbons (Fsp3) is 0.219. The van der Waals surface area contributed by atoms with Crippen LogP contribution in [0.1, 0.15) is 52.0 Å². The Morgan fingerprint density at radius 3 is 2.58 bits per heavy atom. The highest BCUT2D eigenvalue weighted by atomic mass is 35.5. The predicted octanol–water partition coefficient (Wildman–Crippen LogP) is 7.04. The van der Waals surface area contributed by atoms with Gasteiger partial charge in [-0.3, -0.25) is 4.79 Å². The molecule has 0 fully saturated rings. The molecule has 0 atom stereocenters. The van der Waals surface area contributed by atoms with Crippen molar-refractivity contribution < 1.29 is 27.9 Å². The molecule has 1 amide bonds. The number of ether oxygens (including phenoxy) is 1. The molecule has 1 heterocycles. The molecule has 224 valence electrons. The molecule has 0 saturated heterocycles. The van der Waals surface area contributed by atoms with E-state index in [1.165, 1.54) is 24.3 Å². The molecule has 11 heteroatoms. The number of nitrogens with one attached hydrogen (secondary N) is 1. The summed E-state index contributed by atoms with van der Waals surface area (Å²) in [5, 5.41) is 15.3. The lowest BCUT2D eigenvalue weighted by Crippen LogP contribution is -2.15. The van der Waals surface area contributed by atoms with Crippen molar-refractivity contribution in [2.24, 2.45) is 0 Å². The number of carboxylic acids is 1. The summed E-state index contributed by atoms with van der Waals surface area (Å²) in [6.07, 6.45) is 6.51. The van der Waals surface area contributed by atoms with E-state index in [0.29, 0.717) is 23.4 Å². The summed E-state index contributed by atoms with van der Waals surface area (Å²) in [6.45, 7) is 1.53. The first-order valence-corrected chi connectivity index (χ1v) is 16.5. The van der Waals surface area contributed by atoms with Gasteiger partial charge in [-0.2, -0.15) is 0 Å². The molecular weight excluding hydrogens is 608 g/mol. The molecule has 3 aromatic carbocycles. The first-order chi connectivity index (χ1) is 20.6. The zero-order chi connectivity index (χ0) is 30.8. The second-order valence-electron chi connectivity index (χ2n) is 9.73. The van der Waals surface area contributed by atoms with Gasteiger partial charge in [0.05, 0.1) is 22.0 Å². The second kappa shape index (κ2) is 15.0. The normalized spacial score (nSPS) is 11.5. The number of sulfone groups is 1. The molecular formula is C32H31ClN2O6S2. The Kier molecular flexibility index (Phi) is 11.1. The maximum absolute atomic E-state index is 13.2. The van der Waals surface area contributed by atoms with Crippen LogP contribution in [0.3, 0.4) is 0 Å². The van der Waals surface area contributed by atoms with E-state index in [1.54, 1.807) is 47.7 Å². The van der Waals surface area contributed by atoms with Gasteiger partial charge in [0.25, 0.3) is 5.91 Å². The molecule has 0 saturated carbocycles. The van der Waals surface area contributed by atoms with Gasteiger partial charge in [0.1, 0.15) is 10.8 Å². The number of aliphatic carboxylic acids is 1. The summed E-state index contributed by atoms with van der Waals surface area (Å²) in [6, 6.07) is 18.1. The van der Waals surface area contributed by atoms with Gasteiger partial charge in [0.15, 0.2) is 16.4 Å². The Bertz CT molecular complexity index is 1720. The zero-order valence-corrected chi connectivity index (χ0v) is 25.8. The van der Waals surface area contributed by atoms with Gasteiger partial charge in [0.2, 0.25) is 0 Å². The van der Waals surface area contributed by atoms with Crippen LogP contribution in [-0.2, 0) is 27.5 Å². The van der Waals surface area contributed by atoms with Gasteiger partial charge >= 0.3 is 5.97 Å². The fourth-order valence-electron chi connectivity index (χ4n) is 4.24. The molecule has 2 N–H and O–H groups in total. The molecule has 0 spiro atoms. The maximum atomic E-state index is 13.2. The molecule has 43 heavy (non-hydrogen) atoms. The first-order valence-electron chi connectivity index (χ1n) is 13.6.